The van der Waals surface area contributed by atoms with Crippen molar-refractivity contribution in [3.8, 4) is 11.5 Å². The van der Waals surface area contributed by atoms with Gasteiger partial charge in [0, 0.05) is 45.4 Å². The van der Waals surface area contributed by atoms with Gasteiger partial charge in [-0.2, -0.15) is 0 Å². The van der Waals surface area contributed by atoms with Crippen LogP contribution in [0.1, 0.15) is 27.0 Å². The number of hydrogen-bond acceptors (Lipinski definition) is 4. The molecule has 8 heteroatoms. The number of nitrogens with zero attached hydrogens (tertiary/aromatic N) is 2. The maximum Gasteiger partial charge on any atom is 0.253 e. The summed E-state index contributed by atoms with van der Waals surface area (Å²) in [6.45, 7) is 4.98. The lowest BCUT2D eigenvalue weighted by Crippen LogP contribution is -2.36. The second-order valence-electron chi connectivity index (χ2n) is 7.16. The van der Waals surface area contributed by atoms with Crippen molar-refractivity contribution >= 4 is 35.8 Å². The third-order valence-electron chi connectivity index (χ3n) is 4.73. The minimum Gasteiger partial charge on any atom is -0.493 e. The zero-order chi connectivity index (χ0) is 22.8. The van der Waals surface area contributed by atoms with E-state index in [-0.39, 0.29) is 29.9 Å². The topological polar surface area (TPSA) is 75.2 Å². The lowest BCUT2D eigenvalue weighted by atomic mass is 10.1. The Labute approximate surface area is 207 Å². The molecule has 0 spiro atoms. The second kappa shape index (κ2) is 13.6. The predicted octanol–water partition coefficient (Wildman–Crippen LogP) is 3.62. The van der Waals surface area contributed by atoms with Gasteiger partial charge in [-0.1, -0.05) is 18.2 Å². The highest BCUT2D eigenvalue weighted by Gasteiger charge is 2.12. The van der Waals surface area contributed by atoms with Crippen LogP contribution < -0.4 is 20.1 Å². The molecule has 0 aliphatic heterocycles. The number of allylic oxidation sites excluding steroid dienone is 1. The number of guanidine groups is 1. The van der Waals surface area contributed by atoms with Crippen molar-refractivity contribution in [2.24, 2.45) is 4.99 Å². The fraction of sp³-hybridized carbons (Fsp3) is 0.333. The van der Waals surface area contributed by atoms with E-state index in [4.69, 9.17) is 9.47 Å². The molecule has 0 saturated carbocycles. The number of carbonyl (C=O) groups excluding carboxylic acids is 1. The van der Waals surface area contributed by atoms with Gasteiger partial charge in [0.1, 0.15) is 0 Å². The summed E-state index contributed by atoms with van der Waals surface area (Å²) in [5, 5.41) is 6.60. The monoisotopic (exact) mass is 552 g/mol. The first-order valence-corrected chi connectivity index (χ1v) is 10.0. The molecule has 7 nitrogen and oxygen atoms in total. The summed E-state index contributed by atoms with van der Waals surface area (Å²) in [7, 11) is 8.48. The van der Waals surface area contributed by atoms with Gasteiger partial charge in [0.15, 0.2) is 17.5 Å². The molecular formula is C24H33IN4O3. The van der Waals surface area contributed by atoms with Crippen molar-refractivity contribution in [2.75, 3.05) is 35.4 Å². The molecule has 174 valence electrons. The van der Waals surface area contributed by atoms with Gasteiger partial charge in [0.05, 0.1) is 14.2 Å². The normalized spacial score (nSPS) is 10.6. The van der Waals surface area contributed by atoms with Gasteiger partial charge in [-0.15, -0.1) is 30.6 Å². The van der Waals surface area contributed by atoms with Crippen LogP contribution in [-0.2, 0) is 19.5 Å². The number of nitrogens with one attached hydrogen (secondary N) is 2. The molecule has 2 aromatic rings. The Morgan fingerprint density at radius 3 is 2.19 bits per heavy atom. The molecule has 2 rings (SSSR count). The van der Waals surface area contributed by atoms with E-state index in [1.807, 2.05) is 36.4 Å². The quantitative estimate of drug-likeness (QED) is 0.215. The van der Waals surface area contributed by atoms with Crippen molar-refractivity contribution in [3.05, 3.63) is 71.3 Å². The van der Waals surface area contributed by atoms with E-state index in [1.54, 1.807) is 40.3 Å². The third-order valence-corrected chi connectivity index (χ3v) is 4.73. The van der Waals surface area contributed by atoms with Crippen molar-refractivity contribution < 1.29 is 14.3 Å². The minimum absolute atomic E-state index is 0. The van der Waals surface area contributed by atoms with E-state index in [0.29, 0.717) is 36.8 Å². The predicted molar refractivity (Wildman–Crippen MR) is 140 cm³/mol. The highest BCUT2D eigenvalue weighted by atomic mass is 127. The molecule has 2 aromatic carbocycles. The van der Waals surface area contributed by atoms with Gasteiger partial charge in [-0.3, -0.25) is 9.79 Å². The minimum atomic E-state index is -0.0114. The molecule has 1 amide bonds. The smallest absolute Gasteiger partial charge is 0.253 e. The van der Waals surface area contributed by atoms with Crippen LogP contribution in [0.4, 0.5) is 0 Å². The summed E-state index contributed by atoms with van der Waals surface area (Å²) >= 11 is 0. The van der Waals surface area contributed by atoms with Crippen molar-refractivity contribution in [1.82, 2.24) is 15.5 Å². The lowest BCUT2D eigenvalue weighted by molar-refractivity contribution is 0.0827. The average molecular weight is 552 g/mol. The Morgan fingerprint density at radius 1 is 1.06 bits per heavy atom. The van der Waals surface area contributed by atoms with Crippen LogP contribution in [0.2, 0.25) is 0 Å². The Bertz CT molecular complexity index is 928. The first-order chi connectivity index (χ1) is 14.9. The fourth-order valence-electron chi connectivity index (χ4n) is 3.13. The summed E-state index contributed by atoms with van der Waals surface area (Å²) in [5.41, 5.74) is 3.78. The number of aliphatic imine (C=N–C) groups is 1. The standard InChI is InChI=1S/C24H32N4O3.HI/c1-7-8-20-13-18(14-21(30-5)22(20)31-6)16-27-24(25-2)26-15-17-9-11-19(12-10-17)23(29)28(3)4;/h7,9-14H,1,8,15-16H2,2-6H3,(H2,25,26,27);1H. The molecule has 0 bridgehead atoms. The van der Waals surface area contributed by atoms with E-state index < -0.39 is 0 Å². The van der Waals surface area contributed by atoms with Crippen LogP contribution in [-0.4, -0.2) is 52.1 Å². The third kappa shape index (κ3) is 7.44. The van der Waals surface area contributed by atoms with E-state index in [0.717, 1.165) is 22.4 Å². The summed E-state index contributed by atoms with van der Waals surface area (Å²) in [6, 6.07) is 11.6. The van der Waals surface area contributed by atoms with E-state index >= 15 is 0 Å². The molecule has 0 unspecified atom stereocenters. The average Bonchev–Trinajstić information content (AvgIpc) is 2.78. The molecule has 32 heavy (non-hydrogen) atoms. The Balaban J connectivity index is 0.00000512. The molecule has 0 atom stereocenters. The maximum absolute atomic E-state index is 12.0. The summed E-state index contributed by atoms with van der Waals surface area (Å²) in [5.74, 6) is 2.08. The number of hydrogen-bond donors (Lipinski definition) is 2. The number of halogens is 1. The molecule has 0 aliphatic rings. The van der Waals surface area contributed by atoms with Crippen molar-refractivity contribution in [3.63, 3.8) is 0 Å². The second-order valence-corrected chi connectivity index (χ2v) is 7.16. The Morgan fingerprint density at radius 2 is 1.69 bits per heavy atom. The zero-order valence-corrected chi connectivity index (χ0v) is 21.7. The summed E-state index contributed by atoms with van der Waals surface area (Å²) < 4.78 is 11.0. The zero-order valence-electron chi connectivity index (χ0n) is 19.4. The fourth-order valence-corrected chi connectivity index (χ4v) is 3.13. The van der Waals surface area contributed by atoms with Gasteiger partial charge >= 0.3 is 0 Å². The molecule has 0 heterocycles. The lowest BCUT2D eigenvalue weighted by Gasteiger charge is -2.16. The maximum atomic E-state index is 12.0. The van der Waals surface area contributed by atoms with Gasteiger partial charge in [-0.05, 0) is 41.8 Å². The molecule has 0 fully saturated rings. The summed E-state index contributed by atoms with van der Waals surface area (Å²) in [4.78, 5) is 17.8. The van der Waals surface area contributed by atoms with Gasteiger partial charge in [0.25, 0.3) is 5.91 Å². The number of ether oxygens (including phenoxy) is 2. The SMILES string of the molecule is C=CCc1cc(CNC(=NC)NCc2ccc(C(=O)N(C)C)cc2)cc(OC)c1OC.I. The molecular weight excluding hydrogens is 519 g/mol. The number of rotatable bonds is 9. The van der Waals surface area contributed by atoms with Crippen LogP contribution in [0, 0.1) is 0 Å². The van der Waals surface area contributed by atoms with Crippen LogP contribution in [0.15, 0.2) is 54.0 Å². The molecule has 0 aromatic heterocycles. The van der Waals surface area contributed by atoms with Gasteiger partial charge in [0.2, 0.25) is 0 Å². The highest BCUT2D eigenvalue weighted by Crippen LogP contribution is 2.33. The first kappa shape index (κ1) is 27.3. The molecule has 0 saturated heterocycles. The van der Waals surface area contributed by atoms with Crippen LogP contribution in [0.3, 0.4) is 0 Å². The van der Waals surface area contributed by atoms with Gasteiger partial charge < -0.3 is 25.0 Å². The molecule has 2 N–H and O–H groups in total. The van der Waals surface area contributed by atoms with E-state index in [2.05, 4.69) is 28.3 Å². The number of methoxy groups -OCH3 is 2. The molecule has 0 radical (unpaired) electrons. The Hall–Kier alpha value is -2.75. The molecule has 0 aliphatic carbocycles. The first-order valence-electron chi connectivity index (χ1n) is 10.0. The number of benzene rings is 2. The van der Waals surface area contributed by atoms with E-state index in [1.165, 1.54) is 0 Å². The van der Waals surface area contributed by atoms with Crippen molar-refractivity contribution in [2.45, 2.75) is 19.5 Å². The number of carbonyl (C=O) groups is 1. The van der Waals surface area contributed by atoms with Crippen LogP contribution >= 0.6 is 24.0 Å². The summed E-state index contributed by atoms with van der Waals surface area (Å²) in [6.07, 6.45) is 2.53. The highest BCUT2D eigenvalue weighted by molar-refractivity contribution is 14.0. The van der Waals surface area contributed by atoms with Crippen molar-refractivity contribution in [1.29, 1.82) is 0 Å². The van der Waals surface area contributed by atoms with Crippen LogP contribution in [0.25, 0.3) is 0 Å². The Kier molecular flexibility index (Phi) is 11.6. The van der Waals surface area contributed by atoms with E-state index in [9.17, 15) is 4.79 Å². The number of amides is 1. The van der Waals surface area contributed by atoms with Gasteiger partial charge in [-0.25, -0.2) is 0 Å². The van der Waals surface area contributed by atoms with Crippen LogP contribution in [0.5, 0.6) is 11.5 Å². The largest absolute Gasteiger partial charge is 0.493 e.